The topological polar surface area (TPSA) is 86.6 Å². The van der Waals surface area contributed by atoms with Gasteiger partial charge in [0.2, 0.25) is 0 Å². The fraction of sp³-hybridized carbons (Fsp3) is 0.333. The molecule has 0 aromatic heterocycles. The Hall–Kier alpha value is -0.310. The molecule has 96 valence electrons. The van der Waals surface area contributed by atoms with E-state index >= 15 is 0 Å². The second-order valence-electron chi connectivity index (χ2n) is 3.35. The smallest absolute Gasteiger partial charge is 0.264 e. The minimum Gasteiger partial charge on any atom is -0.506 e. The molecule has 0 aliphatic heterocycles. The molecule has 0 saturated carbocycles. The third kappa shape index (κ3) is 5.24. The Labute approximate surface area is 116 Å². The monoisotopic (exact) mass is 387 g/mol. The Bertz CT molecular complexity index is 481. The van der Waals surface area contributed by atoms with Crippen LogP contribution in [-0.4, -0.2) is 30.4 Å². The molecule has 17 heavy (non-hydrogen) atoms. The third-order valence-electron chi connectivity index (χ3n) is 1.93. The SMILES string of the molecule is O=S(=O)(O)CCCNc1cc(Br)c(O)c(Br)c1. The van der Waals surface area contributed by atoms with E-state index in [0.29, 0.717) is 21.9 Å². The van der Waals surface area contributed by atoms with Crippen LogP contribution in [-0.2, 0) is 10.1 Å². The second-order valence-corrected chi connectivity index (χ2v) is 6.64. The Balaban J connectivity index is 2.53. The van der Waals surface area contributed by atoms with Gasteiger partial charge in [0.25, 0.3) is 10.1 Å². The molecule has 0 spiro atoms. The molecule has 0 atom stereocenters. The van der Waals surface area contributed by atoms with Crippen molar-refractivity contribution in [2.45, 2.75) is 6.42 Å². The molecule has 0 aliphatic rings. The lowest BCUT2D eigenvalue weighted by molar-refractivity contribution is 0.468. The molecule has 0 aliphatic carbocycles. The van der Waals surface area contributed by atoms with Crippen LogP contribution in [0, 0.1) is 0 Å². The van der Waals surface area contributed by atoms with E-state index in [4.69, 9.17) is 4.55 Å². The zero-order valence-electron chi connectivity index (χ0n) is 8.65. The van der Waals surface area contributed by atoms with E-state index in [1.54, 1.807) is 12.1 Å². The van der Waals surface area contributed by atoms with Crippen molar-refractivity contribution in [1.82, 2.24) is 0 Å². The van der Waals surface area contributed by atoms with Gasteiger partial charge < -0.3 is 10.4 Å². The number of aromatic hydroxyl groups is 1. The van der Waals surface area contributed by atoms with Crippen LogP contribution in [0.3, 0.4) is 0 Å². The summed E-state index contributed by atoms with van der Waals surface area (Å²) in [4.78, 5) is 0. The fourth-order valence-electron chi connectivity index (χ4n) is 1.15. The van der Waals surface area contributed by atoms with Crippen LogP contribution in [0.2, 0.25) is 0 Å². The lowest BCUT2D eigenvalue weighted by Crippen LogP contribution is -2.10. The predicted molar refractivity (Wildman–Crippen MR) is 73.0 cm³/mol. The molecule has 0 radical (unpaired) electrons. The Morgan fingerprint density at radius 1 is 1.24 bits per heavy atom. The van der Waals surface area contributed by atoms with Gasteiger partial charge in [0, 0.05) is 12.2 Å². The van der Waals surface area contributed by atoms with Gasteiger partial charge in [-0.05, 0) is 50.4 Å². The van der Waals surface area contributed by atoms with E-state index in [9.17, 15) is 13.5 Å². The number of phenols is 1. The molecule has 3 N–H and O–H groups in total. The largest absolute Gasteiger partial charge is 0.506 e. The molecule has 0 unspecified atom stereocenters. The van der Waals surface area contributed by atoms with Crippen molar-refractivity contribution in [3.63, 3.8) is 0 Å². The Morgan fingerprint density at radius 2 is 1.76 bits per heavy atom. The molecule has 5 nitrogen and oxygen atoms in total. The zero-order chi connectivity index (χ0) is 13.1. The summed E-state index contributed by atoms with van der Waals surface area (Å²) < 4.78 is 30.5. The quantitative estimate of drug-likeness (QED) is 0.410. The maximum absolute atomic E-state index is 10.5. The lowest BCUT2D eigenvalue weighted by atomic mass is 10.3. The molecular formula is C9H11Br2NO4S. The van der Waals surface area contributed by atoms with E-state index in [1.807, 2.05) is 0 Å². The van der Waals surface area contributed by atoms with Gasteiger partial charge in [0.15, 0.2) is 0 Å². The summed E-state index contributed by atoms with van der Waals surface area (Å²) in [5.74, 6) is -0.172. The molecule has 0 fully saturated rings. The number of halogens is 2. The number of nitrogens with one attached hydrogen (secondary N) is 1. The Kier molecular flexibility index (Phi) is 5.23. The van der Waals surface area contributed by atoms with Gasteiger partial charge in [0.1, 0.15) is 5.75 Å². The van der Waals surface area contributed by atoms with Gasteiger partial charge in [-0.1, -0.05) is 0 Å². The van der Waals surface area contributed by atoms with Crippen molar-refractivity contribution in [2.24, 2.45) is 0 Å². The molecule has 1 aromatic carbocycles. The number of hydrogen-bond acceptors (Lipinski definition) is 4. The Morgan fingerprint density at radius 3 is 2.24 bits per heavy atom. The molecule has 0 saturated heterocycles. The average molecular weight is 389 g/mol. The van der Waals surface area contributed by atoms with E-state index in [1.165, 1.54) is 0 Å². The van der Waals surface area contributed by atoms with Crippen molar-refractivity contribution >= 4 is 47.7 Å². The van der Waals surface area contributed by atoms with Crippen LogP contribution < -0.4 is 5.32 Å². The highest BCUT2D eigenvalue weighted by Crippen LogP contribution is 2.35. The summed E-state index contributed by atoms with van der Waals surface area (Å²) >= 11 is 6.36. The van der Waals surface area contributed by atoms with Gasteiger partial charge in [-0.3, -0.25) is 4.55 Å². The van der Waals surface area contributed by atoms with Crippen LogP contribution in [0.15, 0.2) is 21.1 Å². The second kappa shape index (κ2) is 6.03. The van der Waals surface area contributed by atoms with Gasteiger partial charge in [0.05, 0.1) is 14.7 Å². The van der Waals surface area contributed by atoms with Crippen LogP contribution in [0.1, 0.15) is 6.42 Å². The first-order valence-corrected chi connectivity index (χ1v) is 7.86. The van der Waals surface area contributed by atoms with E-state index in [0.717, 1.165) is 5.69 Å². The summed E-state index contributed by atoms with van der Waals surface area (Å²) in [5, 5.41) is 12.5. The van der Waals surface area contributed by atoms with Gasteiger partial charge in [-0.15, -0.1) is 0 Å². The molecule has 0 amide bonds. The van der Waals surface area contributed by atoms with E-state index in [2.05, 4.69) is 37.2 Å². The first-order chi connectivity index (χ1) is 7.79. The molecule has 1 rings (SSSR count). The molecule has 0 heterocycles. The van der Waals surface area contributed by atoms with E-state index in [-0.39, 0.29) is 11.5 Å². The van der Waals surface area contributed by atoms with Gasteiger partial charge >= 0.3 is 0 Å². The van der Waals surface area contributed by atoms with Crippen molar-refractivity contribution in [2.75, 3.05) is 17.6 Å². The first kappa shape index (κ1) is 14.7. The van der Waals surface area contributed by atoms with Crippen molar-refractivity contribution in [3.05, 3.63) is 21.1 Å². The maximum Gasteiger partial charge on any atom is 0.264 e. The summed E-state index contributed by atoms with van der Waals surface area (Å²) in [6.07, 6.45) is 0.301. The summed E-state index contributed by atoms with van der Waals surface area (Å²) in [6.45, 7) is 0.406. The number of hydrogen-bond donors (Lipinski definition) is 3. The highest BCUT2D eigenvalue weighted by atomic mass is 79.9. The minimum absolute atomic E-state index is 0.105. The first-order valence-electron chi connectivity index (χ1n) is 4.66. The van der Waals surface area contributed by atoms with Gasteiger partial charge in [-0.25, -0.2) is 0 Å². The minimum atomic E-state index is -3.90. The van der Waals surface area contributed by atoms with Crippen LogP contribution in [0.5, 0.6) is 5.75 Å². The van der Waals surface area contributed by atoms with Crippen LogP contribution in [0.4, 0.5) is 5.69 Å². The molecule has 8 heteroatoms. The summed E-state index contributed by atoms with van der Waals surface area (Å²) in [5.41, 5.74) is 0.733. The molecule has 1 aromatic rings. The number of phenolic OH excluding ortho intramolecular Hbond substituents is 1. The predicted octanol–water partition coefficient (Wildman–Crippen LogP) is 2.61. The summed E-state index contributed by atoms with van der Waals surface area (Å²) in [6, 6.07) is 3.35. The standard InChI is InChI=1S/C9H11Br2NO4S/c10-7-4-6(5-8(11)9(7)13)12-2-1-3-17(14,15)16/h4-5,12-13H,1-3H2,(H,14,15,16). The number of benzene rings is 1. The molecule has 0 bridgehead atoms. The van der Waals surface area contributed by atoms with Gasteiger partial charge in [-0.2, -0.15) is 8.42 Å². The number of rotatable bonds is 5. The average Bonchev–Trinajstić information content (AvgIpc) is 2.19. The normalized spacial score (nSPS) is 11.5. The van der Waals surface area contributed by atoms with Crippen molar-refractivity contribution in [3.8, 4) is 5.75 Å². The van der Waals surface area contributed by atoms with Crippen LogP contribution in [0.25, 0.3) is 0 Å². The molecular weight excluding hydrogens is 378 g/mol. The lowest BCUT2D eigenvalue weighted by Gasteiger charge is -2.08. The third-order valence-corrected chi connectivity index (χ3v) is 3.94. The van der Waals surface area contributed by atoms with Crippen LogP contribution >= 0.6 is 31.9 Å². The summed E-state index contributed by atoms with van der Waals surface area (Å²) in [7, 11) is -3.90. The number of anilines is 1. The zero-order valence-corrected chi connectivity index (χ0v) is 12.6. The highest BCUT2D eigenvalue weighted by molar-refractivity contribution is 9.11. The van der Waals surface area contributed by atoms with Crippen molar-refractivity contribution < 1.29 is 18.1 Å². The van der Waals surface area contributed by atoms with Crippen molar-refractivity contribution in [1.29, 1.82) is 0 Å². The highest BCUT2D eigenvalue weighted by Gasteiger charge is 2.06. The maximum atomic E-state index is 10.5. The van der Waals surface area contributed by atoms with E-state index < -0.39 is 10.1 Å². The fourth-order valence-corrected chi connectivity index (χ4v) is 2.85.